The molecule has 0 unspecified atom stereocenters. The molecule has 2 rings (SSSR count). The third-order valence-electron chi connectivity index (χ3n) is 3.73. The summed E-state index contributed by atoms with van der Waals surface area (Å²) in [5.74, 6) is 0.233. The number of phenols is 1. The second-order valence-electron chi connectivity index (χ2n) is 6.51. The number of aromatic hydroxyl groups is 1. The molecule has 1 heterocycles. The van der Waals surface area contributed by atoms with Gasteiger partial charge in [0.2, 0.25) is 0 Å². The summed E-state index contributed by atoms with van der Waals surface area (Å²) in [6.07, 6.45) is 0. The molecule has 0 spiro atoms. The third-order valence-corrected chi connectivity index (χ3v) is 3.73. The van der Waals surface area contributed by atoms with Gasteiger partial charge in [-0.2, -0.15) is 5.26 Å². The van der Waals surface area contributed by atoms with Crippen LogP contribution in [0.4, 0.5) is 0 Å². The van der Waals surface area contributed by atoms with Crippen molar-refractivity contribution in [2.75, 3.05) is 7.11 Å². The second-order valence-corrected chi connectivity index (χ2v) is 6.51. The average molecular weight is 312 g/mol. The first-order valence-corrected chi connectivity index (χ1v) is 7.25. The number of nitriles is 1. The zero-order valence-electron chi connectivity index (χ0n) is 13.9. The number of rotatable bonds is 2. The Balaban J connectivity index is 2.89. The number of ether oxygens (including phenoxy) is 1. The zero-order chi connectivity index (χ0) is 17.4. The molecule has 0 aliphatic heterocycles. The summed E-state index contributed by atoms with van der Waals surface area (Å²) in [5.41, 5.74) is 1.68. The van der Waals surface area contributed by atoms with Gasteiger partial charge in [0.05, 0.1) is 7.11 Å². The van der Waals surface area contributed by atoms with Crippen LogP contribution in [0.25, 0.3) is 11.1 Å². The Morgan fingerprint density at radius 2 is 1.87 bits per heavy atom. The molecular weight excluding hydrogens is 292 g/mol. The minimum Gasteiger partial charge on any atom is -0.504 e. The highest BCUT2D eigenvalue weighted by atomic mass is 16.5. The van der Waals surface area contributed by atoms with Gasteiger partial charge >= 0.3 is 0 Å². The molecule has 0 aliphatic carbocycles. The number of methoxy groups -OCH3 is 1. The van der Waals surface area contributed by atoms with E-state index in [0.29, 0.717) is 22.6 Å². The van der Waals surface area contributed by atoms with Crippen molar-refractivity contribution in [3.8, 4) is 28.7 Å². The van der Waals surface area contributed by atoms with Crippen molar-refractivity contribution in [3.05, 3.63) is 45.4 Å². The van der Waals surface area contributed by atoms with E-state index in [0.717, 1.165) is 5.56 Å². The molecule has 2 aromatic rings. The Hall–Kier alpha value is -2.74. The van der Waals surface area contributed by atoms with E-state index >= 15 is 0 Å². The van der Waals surface area contributed by atoms with E-state index in [-0.39, 0.29) is 16.7 Å². The predicted molar refractivity (Wildman–Crippen MR) is 88.9 cm³/mol. The maximum absolute atomic E-state index is 12.0. The summed E-state index contributed by atoms with van der Waals surface area (Å²) in [6, 6.07) is 7.17. The number of phenolic OH excluding ortho intramolecular Hbond substituents is 1. The lowest BCUT2D eigenvalue weighted by Gasteiger charge is -2.22. The fourth-order valence-electron chi connectivity index (χ4n) is 2.41. The molecule has 0 saturated carbocycles. The molecule has 23 heavy (non-hydrogen) atoms. The van der Waals surface area contributed by atoms with Crippen molar-refractivity contribution in [2.45, 2.75) is 33.1 Å². The van der Waals surface area contributed by atoms with Crippen LogP contribution < -0.4 is 10.3 Å². The van der Waals surface area contributed by atoms with E-state index in [1.165, 1.54) is 7.11 Å². The molecule has 2 N–H and O–H groups in total. The number of benzene rings is 1. The van der Waals surface area contributed by atoms with Gasteiger partial charge in [0.25, 0.3) is 5.56 Å². The first-order chi connectivity index (χ1) is 10.7. The highest BCUT2D eigenvalue weighted by molar-refractivity contribution is 5.78. The highest BCUT2D eigenvalue weighted by Gasteiger charge is 2.22. The van der Waals surface area contributed by atoms with Gasteiger partial charge in [-0.3, -0.25) is 4.79 Å². The Morgan fingerprint density at radius 3 is 2.39 bits per heavy atom. The summed E-state index contributed by atoms with van der Waals surface area (Å²) < 4.78 is 5.26. The van der Waals surface area contributed by atoms with E-state index in [1.54, 1.807) is 25.1 Å². The van der Waals surface area contributed by atoms with Gasteiger partial charge in [0.15, 0.2) is 11.5 Å². The van der Waals surface area contributed by atoms with Gasteiger partial charge in [-0.15, -0.1) is 0 Å². The van der Waals surface area contributed by atoms with Crippen LogP contribution in [-0.2, 0) is 5.41 Å². The minimum absolute atomic E-state index is 0.0287. The lowest BCUT2D eigenvalue weighted by molar-refractivity contribution is 0.372. The number of hydrogen-bond donors (Lipinski definition) is 2. The maximum Gasteiger partial charge on any atom is 0.266 e. The van der Waals surface area contributed by atoms with E-state index in [2.05, 4.69) is 4.98 Å². The van der Waals surface area contributed by atoms with Crippen LogP contribution >= 0.6 is 0 Å². The van der Waals surface area contributed by atoms with E-state index < -0.39 is 5.56 Å². The average Bonchev–Trinajstić information content (AvgIpc) is 2.45. The molecule has 0 saturated heterocycles. The van der Waals surface area contributed by atoms with Crippen molar-refractivity contribution in [2.24, 2.45) is 0 Å². The van der Waals surface area contributed by atoms with Crippen LogP contribution in [0.5, 0.6) is 11.5 Å². The largest absolute Gasteiger partial charge is 0.504 e. The molecular formula is C18H20N2O3. The molecule has 5 nitrogen and oxygen atoms in total. The SMILES string of the molecule is COc1cc(C(C)(C)C)cc(-c2cc(C)[nH]c(=O)c2C#N)c1O. The number of aromatic nitrogens is 1. The summed E-state index contributed by atoms with van der Waals surface area (Å²) in [5, 5.41) is 19.8. The van der Waals surface area contributed by atoms with Gasteiger partial charge < -0.3 is 14.8 Å². The molecule has 5 heteroatoms. The van der Waals surface area contributed by atoms with E-state index in [4.69, 9.17) is 4.74 Å². The number of pyridine rings is 1. The lowest BCUT2D eigenvalue weighted by Crippen LogP contribution is -2.14. The summed E-state index contributed by atoms with van der Waals surface area (Å²) in [6.45, 7) is 7.85. The van der Waals surface area contributed by atoms with Crippen LogP contribution in [0, 0.1) is 18.3 Å². The Labute approximate surface area is 135 Å². The summed E-state index contributed by atoms with van der Waals surface area (Å²) in [7, 11) is 1.47. The predicted octanol–water partition coefficient (Wildman–Crippen LogP) is 3.23. The number of aryl methyl sites for hydroxylation is 1. The van der Waals surface area contributed by atoms with Gasteiger partial charge in [0.1, 0.15) is 11.6 Å². The van der Waals surface area contributed by atoms with E-state index in [9.17, 15) is 15.2 Å². The van der Waals surface area contributed by atoms with Crippen LogP contribution in [0.1, 0.15) is 37.6 Å². The van der Waals surface area contributed by atoms with Crippen LogP contribution in [0.2, 0.25) is 0 Å². The second kappa shape index (κ2) is 5.81. The number of nitrogens with one attached hydrogen (secondary N) is 1. The molecule has 1 aromatic heterocycles. The number of H-pyrrole nitrogens is 1. The zero-order valence-corrected chi connectivity index (χ0v) is 13.9. The lowest BCUT2D eigenvalue weighted by atomic mass is 9.84. The van der Waals surface area contributed by atoms with Gasteiger partial charge in [0, 0.05) is 16.8 Å². The number of aromatic amines is 1. The molecule has 0 bridgehead atoms. The maximum atomic E-state index is 12.0. The summed E-state index contributed by atoms with van der Waals surface area (Å²) in [4.78, 5) is 14.6. The molecule has 0 amide bonds. The fraction of sp³-hybridized carbons (Fsp3) is 0.333. The first-order valence-electron chi connectivity index (χ1n) is 7.25. The summed E-state index contributed by atoms with van der Waals surface area (Å²) >= 11 is 0. The van der Waals surface area contributed by atoms with Gasteiger partial charge in [-0.1, -0.05) is 20.8 Å². The molecule has 1 aromatic carbocycles. The fourth-order valence-corrected chi connectivity index (χ4v) is 2.41. The molecule has 0 radical (unpaired) electrons. The van der Waals surface area contributed by atoms with Crippen molar-refractivity contribution in [1.82, 2.24) is 4.98 Å². The monoisotopic (exact) mass is 312 g/mol. The standard InChI is InChI=1S/C18H20N2O3/c1-10-6-12(14(9-19)17(22)20-10)13-7-11(18(2,3)4)8-15(23-5)16(13)21/h6-8,21H,1-5H3,(H,20,22). The molecule has 120 valence electrons. The van der Waals surface area contributed by atoms with Crippen molar-refractivity contribution in [1.29, 1.82) is 5.26 Å². The highest BCUT2D eigenvalue weighted by Crippen LogP contribution is 2.41. The van der Waals surface area contributed by atoms with Crippen molar-refractivity contribution >= 4 is 0 Å². The topological polar surface area (TPSA) is 86.1 Å². The smallest absolute Gasteiger partial charge is 0.266 e. The number of nitrogens with zero attached hydrogens (tertiary/aromatic N) is 1. The Morgan fingerprint density at radius 1 is 1.22 bits per heavy atom. The van der Waals surface area contributed by atoms with Gasteiger partial charge in [-0.05, 0) is 36.1 Å². The quantitative estimate of drug-likeness (QED) is 0.891. The van der Waals surface area contributed by atoms with Gasteiger partial charge in [-0.25, -0.2) is 0 Å². The first kappa shape index (κ1) is 16.6. The van der Waals surface area contributed by atoms with Crippen LogP contribution in [0.3, 0.4) is 0 Å². The normalized spacial score (nSPS) is 11.1. The van der Waals surface area contributed by atoms with Crippen molar-refractivity contribution < 1.29 is 9.84 Å². The molecule has 0 aliphatic rings. The van der Waals surface area contributed by atoms with Crippen molar-refractivity contribution in [3.63, 3.8) is 0 Å². The third kappa shape index (κ3) is 3.07. The Kier molecular flexibility index (Phi) is 4.20. The minimum atomic E-state index is -0.470. The van der Waals surface area contributed by atoms with E-state index in [1.807, 2.05) is 26.8 Å². The molecule has 0 fully saturated rings. The Bertz CT molecular complexity index is 852. The molecule has 0 atom stereocenters. The number of hydrogen-bond acceptors (Lipinski definition) is 4. The van der Waals surface area contributed by atoms with Crippen LogP contribution in [0.15, 0.2) is 23.0 Å². The van der Waals surface area contributed by atoms with Crippen LogP contribution in [-0.4, -0.2) is 17.2 Å².